The van der Waals surface area contributed by atoms with Crippen LogP contribution in [-0.2, 0) is 4.79 Å². The minimum atomic E-state index is -0.353. The standard InChI is InChI=1S/C16H23NO3/c1-11-4-5-15(8-12(11)2)20-10-16(19)17-7-6-14(9-17)13(3)18/h4-5,8,13-14,18H,6-7,9-10H2,1-3H3. The van der Waals surface area contributed by atoms with Crippen LogP contribution in [0.1, 0.15) is 24.5 Å². The number of aliphatic hydroxyl groups is 1. The Morgan fingerprint density at radius 1 is 1.45 bits per heavy atom. The maximum absolute atomic E-state index is 12.1. The average Bonchev–Trinajstić information content (AvgIpc) is 2.89. The number of ether oxygens (including phenoxy) is 1. The Morgan fingerprint density at radius 3 is 2.80 bits per heavy atom. The SMILES string of the molecule is Cc1ccc(OCC(=O)N2CCC(C(C)O)C2)cc1C. The molecule has 0 spiro atoms. The van der Waals surface area contributed by atoms with Crippen molar-refractivity contribution >= 4 is 5.91 Å². The monoisotopic (exact) mass is 277 g/mol. The first-order valence-electron chi connectivity index (χ1n) is 7.13. The summed E-state index contributed by atoms with van der Waals surface area (Å²) < 4.78 is 5.56. The zero-order chi connectivity index (χ0) is 14.7. The molecule has 1 aromatic rings. The second kappa shape index (κ2) is 6.27. The Bertz CT molecular complexity index is 485. The van der Waals surface area contributed by atoms with Crippen molar-refractivity contribution in [3.8, 4) is 5.75 Å². The van der Waals surface area contributed by atoms with Crippen LogP contribution in [-0.4, -0.2) is 41.7 Å². The van der Waals surface area contributed by atoms with E-state index in [1.54, 1.807) is 11.8 Å². The molecule has 1 saturated heterocycles. The molecule has 20 heavy (non-hydrogen) atoms. The first-order valence-corrected chi connectivity index (χ1v) is 7.13. The van der Waals surface area contributed by atoms with E-state index < -0.39 is 0 Å². The fraction of sp³-hybridized carbons (Fsp3) is 0.562. The molecule has 1 fully saturated rings. The van der Waals surface area contributed by atoms with Gasteiger partial charge in [0.25, 0.3) is 5.91 Å². The van der Waals surface area contributed by atoms with Crippen molar-refractivity contribution < 1.29 is 14.6 Å². The zero-order valence-corrected chi connectivity index (χ0v) is 12.4. The fourth-order valence-corrected chi connectivity index (χ4v) is 2.45. The van der Waals surface area contributed by atoms with E-state index in [-0.39, 0.29) is 24.5 Å². The van der Waals surface area contributed by atoms with Crippen LogP contribution < -0.4 is 4.74 Å². The molecule has 0 saturated carbocycles. The molecule has 2 rings (SSSR count). The number of aryl methyl sites for hydroxylation is 2. The highest BCUT2D eigenvalue weighted by Crippen LogP contribution is 2.20. The summed E-state index contributed by atoms with van der Waals surface area (Å²) in [7, 11) is 0. The summed E-state index contributed by atoms with van der Waals surface area (Å²) >= 11 is 0. The molecule has 0 bridgehead atoms. The molecular formula is C16H23NO3. The van der Waals surface area contributed by atoms with Gasteiger partial charge in [-0.15, -0.1) is 0 Å². The average molecular weight is 277 g/mol. The van der Waals surface area contributed by atoms with Gasteiger partial charge in [0.2, 0.25) is 0 Å². The van der Waals surface area contributed by atoms with Gasteiger partial charge < -0.3 is 14.7 Å². The van der Waals surface area contributed by atoms with Crippen LogP contribution >= 0.6 is 0 Å². The Morgan fingerprint density at radius 2 is 2.20 bits per heavy atom. The summed E-state index contributed by atoms with van der Waals surface area (Å²) in [5, 5.41) is 9.55. The van der Waals surface area contributed by atoms with Crippen molar-refractivity contribution in [2.45, 2.75) is 33.3 Å². The number of nitrogens with zero attached hydrogens (tertiary/aromatic N) is 1. The summed E-state index contributed by atoms with van der Waals surface area (Å²) in [5.41, 5.74) is 2.37. The second-order valence-corrected chi connectivity index (χ2v) is 5.66. The van der Waals surface area contributed by atoms with E-state index in [1.165, 1.54) is 5.56 Å². The van der Waals surface area contributed by atoms with Gasteiger partial charge in [-0.25, -0.2) is 0 Å². The third-order valence-electron chi connectivity index (χ3n) is 4.10. The highest BCUT2D eigenvalue weighted by atomic mass is 16.5. The molecule has 1 aliphatic rings. The fourth-order valence-electron chi connectivity index (χ4n) is 2.45. The summed E-state index contributed by atoms with van der Waals surface area (Å²) in [6, 6.07) is 5.83. The number of carbonyl (C=O) groups excluding carboxylic acids is 1. The number of hydrogen-bond donors (Lipinski definition) is 1. The molecule has 4 heteroatoms. The van der Waals surface area contributed by atoms with Crippen LogP contribution in [0.4, 0.5) is 0 Å². The predicted molar refractivity (Wildman–Crippen MR) is 77.8 cm³/mol. The number of likely N-dealkylation sites (tertiary alicyclic amines) is 1. The molecule has 4 nitrogen and oxygen atoms in total. The van der Waals surface area contributed by atoms with Crippen molar-refractivity contribution in [2.75, 3.05) is 19.7 Å². The molecule has 1 aliphatic heterocycles. The Balaban J connectivity index is 1.85. The van der Waals surface area contributed by atoms with E-state index >= 15 is 0 Å². The summed E-state index contributed by atoms with van der Waals surface area (Å²) in [6.45, 7) is 7.26. The molecule has 0 aliphatic carbocycles. The topological polar surface area (TPSA) is 49.8 Å². The third-order valence-corrected chi connectivity index (χ3v) is 4.10. The van der Waals surface area contributed by atoms with E-state index in [1.807, 2.05) is 32.0 Å². The molecule has 1 N–H and O–H groups in total. The lowest BCUT2D eigenvalue weighted by Gasteiger charge is -2.18. The van der Waals surface area contributed by atoms with Crippen molar-refractivity contribution in [3.05, 3.63) is 29.3 Å². The Labute approximate surface area is 120 Å². The predicted octanol–water partition coefficient (Wildman–Crippen LogP) is 1.91. The van der Waals surface area contributed by atoms with Gasteiger partial charge in [-0.3, -0.25) is 4.79 Å². The maximum Gasteiger partial charge on any atom is 0.260 e. The second-order valence-electron chi connectivity index (χ2n) is 5.66. The van der Waals surface area contributed by atoms with Gasteiger partial charge in [-0.05, 0) is 50.5 Å². The normalized spacial score (nSPS) is 20.0. The largest absolute Gasteiger partial charge is 0.484 e. The minimum absolute atomic E-state index is 0.00798. The molecule has 2 atom stereocenters. The van der Waals surface area contributed by atoms with Gasteiger partial charge in [-0.1, -0.05) is 6.07 Å². The van der Waals surface area contributed by atoms with Gasteiger partial charge in [0, 0.05) is 19.0 Å². The van der Waals surface area contributed by atoms with E-state index in [0.29, 0.717) is 13.1 Å². The highest BCUT2D eigenvalue weighted by molar-refractivity contribution is 5.78. The van der Waals surface area contributed by atoms with Crippen LogP contribution in [0.5, 0.6) is 5.75 Å². The van der Waals surface area contributed by atoms with Crippen LogP contribution in [0.15, 0.2) is 18.2 Å². The molecule has 1 aromatic carbocycles. The zero-order valence-electron chi connectivity index (χ0n) is 12.4. The number of carbonyl (C=O) groups is 1. The number of aliphatic hydroxyl groups excluding tert-OH is 1. The van der Waals surface area contributed by atoms with E-state index in [0.717, 1.165) is 17.7 Å². The number of amides is 1. The van der Waals surface area contributed by atoms with Crippen LogP contribution in [0.3, 0.4) is 0 Å². The lowest BCUT2D eigenvalue weighted by molar-refractivity contribution is -0.132. The minimum Gasteiger partial charge on any atom is -0.484 e. The molecule has 2 unspecified atom stereocenters. The lowest BCUT2D eigenvalue weighted by atomic mass is 10.0. The first kappa shape index (κ1) is 14.9. The van der Waals surface area contributed by atoms with E-state index in [9.17, 15) is 9.90 Å². The number of hydrogen-bond acceptors (Lipinski definition) is 3. The quantitative estimate of drug-likeness (QED) is 0.914. The van der Waals surface area contributed by atoms with E-state index in [4.69, 9.17) is 4.74 Å². The maximum atomic E-state index is 12.1. The van der Waals surface area contributed by atoms with Crippen molar-refractivity contribution in [2.24, 2.45) is 5.92 Å². The van der Waals surface area contributed by atoms with Gasteiger partial charge >= 0.3 is 0 Å². The molecule has 1 heterocycles. The summed E-state index contributed by atoms with van der Waals surface area (Å²) in [5.74, 6) is 0.916. The third kappa shape index (κ3) is 3.51. The van der Waals surface area contributed by atoms with Crippen LogP contribution in [0.2, 0.25) is 0 Å². The van der Waals surface area contributed by atoms with Gasteiger partial charge in [-0.2, -0.15) is 0 Å². The molecule has 0 aromatic heterocycles. The number of rotatable bonds is 4. The summed E-state index contributed by atoms with van der Waals surface area (Å²) in [4.78, 5) is 13.8. The molecule has 1 amide bonds. The summed E-state index contributed by atoms with van der Waals surface area (Å²) in [6.07, 6.45) is 0.515. The molecule has 110 valence electrons. The lowest BCUT2D eigenvalue weighted by Crippen LogP contribution is -2.34. The van der Waals surface area contributed by atoms with Crippen LogP contribution in [0.25, 0.3) is 0 Å². The smallest absolute Gasteiger partial charge is 0.260 e. The number of benzene rings is 1. The van der Waals surface area contributed by atoms with Gasteiger partial charge in [0.05, 0.1) is 6.10 Å². The van der Waals surface area contributed by atoms with E-state index in [2.05, 4.69) is 0 Å². The van der Waals surface area contributed by atoms with Crippen molar-refractivity contribution in [1.82, 2.24) is 4.90 Å². The van der Waals surface area contributed by atoms with Gasteiger partial charge in [0.1, 0.15) is 5.75 Å². The van der Waals surface area contributed by atoms with Crippen LogP contribution in [0, 0.1) is 19.8 Å². The first-order chi connectivity index (χ1) is 9.47. The van der Waals surface area contributed by atoms with Gasteiger partial charge in [0.15, 0.2) is 6.61 Å². The highest BCUT2D eigenvalue weighted by Gasteiger charge is 2.29. The molecular weight excluding hydrogens is 254 g/mol. The Hall–Kier alpha value is -1.55. The molecule has 0 radical (unpaired) electrons. The van der Waals surface area contributed by atoms with Crippen molar-refractivity contribution in [1.29, 1.82) is 0 Å². The Kier molecular flexibility index (Phi) is 4.65. The van der Waals surface area contributed by atoms with Crippen molar-refractivity contribution in [3.63, 3.8) is 0 Å².